The Morgan fingerprint density at radius 1 is 1.29 bits per heavy atom. The molecular formula is C20H18F3N3O2. The molecule has 2 aromatic heterocycles. The lowest BCUT2D eigenvalue weighted by Crippen LogP contribution is -2.34. The number of amides is 1. The lowest BCUT2D eigenvalue weighted by Gasteiger charge is -2.15. The Labute approximate surface area is 158 Å². The Morgan fingerprint density at radius 2 is 2.00 bits per heavy atom. The van der Waals surface area contributed by atoms with Crippen molar-refractivity contribution in [3.63, 3.8) is 0 Å². The predicted molar refractivity (Wildman–Crippen MR) is 96.6 cm³/mol. The van der Waals surface area contributed by atoms with Gasteiger partial charge in [0, 0.05) is 11.6 Å². The Bertz CT molecular complexity index is 1050. The molecule has 1 amide bonds. The van der Waals surface area contributed by atoms with Crippen molar-refractivity contribution in [3.8, 4) is 11.3 Å². The summed E-state index contributed by atoms with van der Waals surface area (Å²) in [6, 6.07) is 6.50. The number of benzene rings is 1. The SMILES string of the molecule is Cc1noc2nc(-c3ccccc3C(F)(F)F)cc(C(=O)N[C@H](C)C3CC3)c12. The molecule has 1 aromatic carbocycles. The molecule has 0 spiro atoms. The van der Waals surface area contributed by atoms with Crippen molar-refractivity contribution in [2.45, 2.75) is 38.9 Å². The molecule has 146 valence electrons. The fraction of sp³-hybridized carbons (Fsp3) is 0.350. The molecular weight excluding hydrogens is 371 g/mol. The van der Waals surface area contributed by atoms with Crippen molar-refractivity contribution in [3.05, 3.63) is 47.2 Å². The summed E-state index contributed by atoms with van der Waals surface area (Å²) in [5.41, 5.74) is -0.214. The molecule has 5 nitrogen and oxygen atoms in total. The van der Waals surface area contributed by atoms with Crippen LogP contribution in [-0.4, -0.2) is 22.1 Å². The molecule has 0 bridgehead atoms. The molecule has 28 heavy (non-hydrogen) atoms. The maximum absolute atomic E-state index is 13.4. The smallest absolute Gasteiger partial charge is 0.349 e. The van der Waals surface area contributed by atoms with E-state index in [2.05, 4.69) is 15.5 Å². The van der Waals surface area contributed by atoms with Crippen LogP contribution in [-0.2, 0) is 6.18 Å². The third-order valence-corrected chi connectivity index (χ3v) is 5.06. The summed E-state index contributed by atoms with van der Waals surface area (Å²) in [7, 11) is 0. The van der Waals surface area contributed by atoms with Crippen LogP contribution in [0, 0.1) is 12.8 Å². The number of carbonyl (C=O) groups excluding carboxylic acids is 1. The Morgan fingerprint density at radius 3 is 2.68 bits per heavy atom. The predicted octanol–water partition coefficient (Wildman–Crippen LogP) is 4.75. The van der Waals surface area contributed by atoms with E-state index < -0.39 is 11.7 Å². The first-order chi connectivity index (χ1) is 13.3. The van der Waals surface area contributed by atoms with Crippen molar-refractivity contribution >= 4 is 17.0 Å². The number of rotatable bonds is 4. The van der Waals surface area contributed by atoms with Crippen molar-refractivity contribution in [1.29, 1.82) is 0 Å². The van der Waals surface area contributed by atoms with Gasteiger partial charge in [0.25, 0.3) is 11.6 Å². The van der Waals surface area contributed by atoms with Gasteiger partial charge in [-0.25, -0.2) is 4.98 Å². The third kappa shape index (κ3) is 3.34. The number of aryl methyl sites for hydroxylation is 1. The van der Waals surface area contributed by atoms with Crippen molar-refractivity contribution in [2.75, 3.05) is 0 Å². The van der Waals surface area contributed by atoms with Gasteiger partial charge in [-0.2, -0.15) is 13.2 Å². The molecule has 3 aromatic rings. The lowest BCUT2D eigenvalue weighted by atomic mass is 10.0. The zero-order valence-electron chi connectivity index (χ0n) is 15.3. The van der Waals surface area contributed by atoms with Crippen LogP contribution < -0.4 is 5.32 Å². The average Bonchev–Trinajstić information content (AvgIpc) is 3.44. The quantitative estimate of drug-likeness (QED) is 0.700. The van der Waals surface area contributed by atoms with E-state index in [4.69, 9.17) is 4.52 Å². The van der Waals surface area contributed by atoms with E-state index in [9.17, 15) is 18.0 Å². The highest BCUT2D eigenvalue weighted by atomic mass is 19.4. The molecule has 1 N–H and O–H groups in total. The number of nitrogens with zero attached hydrogens (tertiary/aromatic N) is 2. The van der Waals surface area contributed by atoms with Crippen LogP contribution in [0.1, 0.15) is 41.4 Å². The largest absolute Gasteiger partial charge is 0.417 e. The molecule has 4 rings (SSSR count). The minimum absolute atomic E-state index is 0.0122. The first-order valence-electron chi connectivity index (χ1n) is 9.00. The van der Waals surface area contributed by atoms with Gasteiger partial charge < -0.3 is 9.84 Å². The molecule has 1 saturated carbocycles. The zero-order valence-corrected chi connectivity index (χ0v) is 15.3. The molecule has 8 heteroatoms. The van der Waals surface area contributed by atoms with Crippen LogP contribution in [0.4, 0.5) is 13.2 Å². The maximum Gasteiger partial charge on any atom is 0.417 e. The Hall–Kier alpha value is -2.90. The second kappa shape index (κ2) is 6.61. The number of hydrogen-bond donors (Lipinski definition) is 1. The Balaban J connectivity index is 1.85. The number of pyridine rings is 1. The first kappa shape index (κ1) is 18.5. The number of aromatic nitrogens is 2. The molecule has 0 unspecified atom stereocenters. The highest BCUT2D eigenvalue weighted by Gasteiger charge is 2.34. The van der Waals surface area contributed by atoms with Gasteiger partial charge in [-0.3, -0.25) is 4.79 Å². The van der Waals surface area contributed by atoms with E-state index in [1.54, 1.807) is 6.92 Å². The second-order valence-electron chi connectivity index (χ2n) is 7.15. The molecule has 1 atom stereocenters. The van der Waals surface area contributed by atoms with Gasteiger partial charge >= 0.3 is 6.18 Å². The van der Waals surface area contributed by atoms with Crippen LogP contribution in [0.25, 0.3) is 22.4 Å². The standard InChI is InChI=1S/C20H18F3N3O2/c1-10(12-7-8-12)24-18(27)14-9-16(25-19-17(14)11(2)26-28-19)13-5-3-4-6-15(13)20(21,22)23/h3-6,9-10,12H,7-8H2,1-2H3,(H,24,27)/t10-/m1/s1. The van der Waals surface area contributed by atoms with Crippen LogP contribution in [0.15, 0.2) is 34.9 Å². The highest BCUT2D eigenvalue weighted by molar-refractivity contribution is 6.07. The van der Waals surface area contributed by atoms with E-state index in [0.29, 0.717) is 17.0 Å². The average molecular weight is 389 g/mol. The molecule has 1 aliphatic carbocycles. The minimum atomic E-state index is -4.55. The lowest BCUT2D eigenvalue weighted by molar-refractivity contribution is -0.137. The molecule has 1 fully saturated rings. The van der Waals surface area contributed by atoms with Gasteiger partial charge in [-0.15, -0.1) is 0 Å². The van der Waals surface area contributed by atoms with Gasteiger partial charge in [0.2, 0.25) is 0 Å². The third-order valence-electron chi connectivity index (χ3n) is 5.06. The maximum atomic E-state index is 13.4. The number of nitrogens with one attached hydrogen (secondary N) is 1. The number of carbonyl (C=O) groups is 1. The molecule has 0 aliphatic heterocycles. The second-order valence-corrected chi connectivity index (χ2v) is 7.15. The number of hydrogen-bond acceptors (Lipinski definition) is 4. The van der Waals surface area contributed by atoms with Crippen LogP contribution >= 0.6 is 0 Å². The van der Waals surface area contributed by atoms with Crippen LogP contribution in [0.3, 0.4) is 0 Å². The van der Waals surface area contributed by atoms with Gasteiger partial charge in [-0.05, 0) is 44.7 Å². The molecule has 0 radical (unpaired) electrons. The molecule has 0 saturated heterocycles. The monoisotopic (exact) mass is 389 g/mol. The van der Waals surface area contributed by atoms with Gasteiger partial charge in [-0.1, -0.05) is 23.4 Å². The summed E-state index contributed by atoms with van der Waals surface area (Å²) in [6.45, 7) is 3.59. The minimum Gasteiger partial charge on any atom is -0.349 e. The normalized spacial score (nSPS) is 15.6. The van der Waals surface area contributed by atoms with Gasteiger partial charge in [0.15, 0.2) is 0 Å². The summed E-state index contributed by atoms with van der Waals surface area (Å²) >= 11 is 0. The Kier molecular flexibility index (Phi) is 4.36. The van der Waals surface area contributed by atoms with Crippen LogP contribution in [0.2, 0.25) is 0 Å². The fourth-order valence-corrected chi connectivity index (χ4v) is 3.36. The van der Waals surface area contributed by atoms with E-state index in [1.807, 2.05) is 6.92 Å². The topological polar surface area (TPSA) is 68.0 Å². The van der Waals surface area contributed by atoms with Gasteiger partial charge in [0.05, 0.1) is 27.9 Å². The molecule has 1 aliphatic rings. The summed E-state index contributed by atoms with van der Waals surface area (Å²) in [6.07, 6.45) is -2.43. The summed E-state index contributed by atoms with van der Waals surface area (Å²) in [5, 5.41) is 7.17. The first-order valence-corrected chi connectivity index (χ1v) is 9.00. The fourth-order valence-electron chi connectivity index (χ4n) is 3.36. The zero-order chi connectivity index (χ0) is 20.1. The summed E-state index contributed by atoms with van der Waals surface area (Å²) < 4.78 is 45.5. The van der Waals surface area contributed by atoms with E-state index in [1.165, 1.54) is 24.3 Å². The van der Waals surface area contributed by atoms with Gasteiger partial charge in [0.1, 0.15) is 0 Å². The number of alkyl halides is 3. The van der Waals surface area contributed by atoms with E-state index in [0.717, 1.165) is 18.9 Å². The van der Waals surface area contributed by atoms with E-state index >= 15 is 0 Å². The van der Waals surface area contributed by atoms with Crippen molar-refractivity contribution < 1.29 is 22.5 Å². The number of fused-ring (bicyclic) bond motifs is 1. The summed E-state index contributed by atoms with van der Waals surface area (Å²) in [5.74, 6) is 0.0686. The highest BCUT2D eigenvalue weighted by Crippen LogP contribution is 2.38. The van der Waals surface area contributed by atoms with E-state index in [-0.39, 0.29) is 34.5 Å². The van der Waals surface area contributed by atoms with Crippen molar-refractivity contribution in [1.82, 2.24) is 15.5 Å². The summed E-state index contributed by atoms with van der Waals surface area (Å²) in [4.78, 5) is 17.1. The number of halogens is 3. The van der Waals surface area contributed by atoms with Crippen LogP contribution in [0.5, 0.6) is 0 Å². The molecule has 2 heterocycles. The van der Waals surface area contributed by atoms with Crippen molar-refractivity contribution in [2.24, 2.45) is 5.92 Å².